The fraction of sp³-hybridized carbons (Fsp3) is 0. The van der Waals surface area contributed by atoms with E-state index in [1.165, 1.54) is 6.07 Å². The largest absolute Gasteiger partial charge is 0.340 e. The fourth-order valence-corrected chi connectivity index (χ4v) is 2.11. The van der Waals surface area contributed by atoms with E-state index >= 15 is 0 Å². The summed E-state index contributed by atoms with van der Waals surface area (Å²) in [6.07, 6.45) is 5.23. The van der Waals surface area contributed by atoms with Crippen molar-refractivity contribution in [3.63, 3.8) is 0 Å². The van der Waals surface area contributed by atoms with Crippen LogP contribution in [0.2, 0.25) is 0 Å². The zero-order chi connectivity index (χ0) is 15.4. The van der Waals surface area contributed by atoms with Crippen molar-refractivity contribution in [1.82, 2.24) is 9.97 Å². The van der Waals surface area contributed by atoms with Gasteiger partial charge in [0.1, 0.15) is 11.6 Å². The molecule has 1 aromatic carbocycles. The van der Waals surface area contributed by atoms with Crippen molar-refractivity contribution < 1.29 is 4.39 Å². The van der Waals surface area contributed by atoms with E-state index in [1.54, 1.807) is 36.8 Å². The normalized spacial score (nSPS) is 10.2. The van der Waals surface area contributed by atoms with Crippen molar-refractivity contribution in [1.29, 1.82) is 0 Å². The molecule has 0 spiro atoms. The summed E-state index contributed by atoms with van der Waals surface area (Å²) in [4.78, 5) is 8.33. The number of aromatic nitrogens is 2. The predicted molar refractivity (Wildman–Crippen MR) is 86.5 cm³/mol. The van der Waals surface area contributed by atoms with E-state index in [4.69, 9.17) is 0 Å². The maximum Gasteiger partial charge on any atom is 0.132 e. The topological polar surface area (TPSA) is 37.8 Å². The molecule has 108 valence electrons. The van der Waals surface area contributed by atoms with E-state index in [2.05, 4.69) is 21.9 Å². The number of nitrogens with one attached hydrogen (secondary N) is 1. The van der Waals surface area contributed by atoms with Crippen LogP contribution < -0.4 is 5.32 Å². The highest BCUT2D eigenvalue weighted by atomic mass is 19.1. The Kier molecular flexibility index (Phi) is 3.92. The van der Waals surface area contributed by atoms with Crippen molar-refractivity contribution in [2.75, 3.05) is 5.32 Å². The Bertz CT molecular complexity index is 783. The number of hydrogen-bond donors (Lipinski definition) is 1. The van der Waals surface area contributed by atoms with Crippen LogP contribution in [0.15, 0.2) is 73.7 Å². The van der Waals surface area contributed by atoms with Gasteiger partial charge in [0.2, 0.25) is 0 Å². The molecule has 0 atom stereocenters. The maximum atomic E-state index is 13.7. The summed E-state index contributed by atoms with van der Waals surface area (Å²) in [6.45, 7) is 3.86. The van der Waals surface area contributed by atoms with E-state index < -0.39 is 0 Å². The van der Waals surface area contributed by atoms with Gasteiger partial charge in [0.05, 0.1) is 0 Å². The minimum absolute atomic E-state index is 0.312. The van der Waals surface area contributed by atoms with Crippen LogP contribution in [0, 0.1) is 5.82 Å². The van der Waals surface area contributed by atoms with Gasteiger partial charge in [-0.15, -0.1) is 0 Å². The van der Waals surface area contributed by atoms with Crippen molar-refractivity contribution in [2.24, 2.45) is 0 Å². The van der Waals surface area contributed by atoms with Crippen LogP contribution in [0.4, 0.5) is 10.2 Å². The summed E-state index contributed by atoms with van der Waals surface area (Å²) in [5, 5.41) is 3.02. The molecule has 1 N–H and O–H groups in total. The molecule has 3 aromatic rings. The molecule has 0 unspecified atom stereocenters. The number of rotatable bonds is 4. The Balaban J connectivity index is 1.77. The second-order valence-electron chi connectivity index (χ2n) is 4.75. The van der Waals surface area contributed by atoms with Crippen molar-refractivity contribution in [3.05, 3.63) is 85.1 Å². The van der Waals surface area contributed by atoms with E-state index in [0.29, 0.717) is 17.1 Å². The average molecular weight is 291 g/mol. The second kappa shape index (κ2) is 6.18. The summed E-state index contributed by atoms with van der Waals surface area (Å²) in [5.74, 6) is 0.305. The molecule has 0 amide bonds. The highest BCUT2D eigenvalue weighted by Crippen LogP contribution is 2.21. The molecule has 0 aliphatic carbocycles. The first-order valence-corrected chi connectivity index (χ1v) is 6.81. The summed E-state index contributed by atoms with van der Waals surface area (Å²) in [7, 11) is 0. The number of pyridine rings is 2. The third-order valence-electron chi connectivity index (χ3n) is 3.26. The lowest BCUT2D eigenvalue weighted by Crippen LogP contribution is -2.01. The Labute approximate surface area is 128 Å². The van der Waals surface area contributed by atoms with Crippen LogP contribution in [-0.4, -0.2) is 9.97 Å². The van der Waals surface area contributed by atoms with Crippen LogP contribution in [-0.2, 0) is 0 Å². The molecule has 3 nitrogen and oxygen atoms in total. The molecule has 4 heteroatoms. The molecule has 22 heavy (non-hydrogen) atoms. The standard InChI is InChI=1S/C18H14FN3/c1-13(16-4-2-3-5-17(16)19)22-18-7-6-15(12-21-18)14-8-10-20-11-9-14/h2-12H,1H2,(H,21,22). The zero-order valence-electron chi connectivity index (χ0n) is 11.8. The minimum Gasteiger partial charge on any atom is -0.340 e. The highest BCUT2D eigenvalue weighted by molar-refractivity contribution is 5.74. The van der Waals surface area contributed by atoms with Crippen LogP contribution >= 0.6 is 0 Å². The van der Waals surface area contributed by atoms with Crippen LogP contribution in [0.3, 0.4) is 0 Å². The molecule has 0 aliphatic rings. The van der Waals surface area contributed by atoms with Crippen LogP contribution in [0.1, 0.15) is 5.56 Å². The molecular formula is C18H14FN3. The predicted octanol–water partition coefficient (Wildman–Crippen LogP) is 4.37. The highest BCUT2D eigenvalue weighted by Gasteiger charge is 2.06. The third kappa shape index (κ3) is 3.01. The van der Waals surface area contributed by atoms with E-state index in [9.17, 15) is 4.39 Å². The number of nitrogens with zero attached hydrogens (tertiary/aromatic N) is 2. The lowest BCUT2D eigenvalue weighted by atomic mass is 10.1. The Morgan fingerprint density at radius 2 is 1.73 bits per heavy atom. The summed E-state index contributed by atoms with van der Waals surface area (Å²) < 4.78 is 13.7. The van der Waals surface area contributed by atoms with Gasteiger partial charge in [-0.2, -0.15) is 0 Å². The van der Waals surface area contributed by atoms with Gasteiger partial charge in [-0.25, -0.2) is 9.37 Å². The lowest BCUT2D eigenvalue weighted by Gasteiger charge is -2.10. The Morgan fingerprint density at radius 1 is 0.955 bits per heavy atom. The molecule has 2 heterocycles. The van der Waals surface area contributed by atoms with Gasteiger partial charge in [0, 0.05) is 35.4 Å². The van der Waals surface area contributed by atoms with E-state index in [1.807, 2.05) is 24.3 Å². The molecule has 0 aliphatic heterocycles. The molecular weight excluding hydrogens is 277 g/mol. The summed E-state index contributed by atoms with van der Waals surface area (Å²) >= 11 is 0. The molecule has 3 rings (SSSR count). The number of hydrogen-bond acceptors (Lipinski definition) is 3. The smallest absolute Gasteiger partial charge is 0.132 e. The molecule has 0 radical (unpaired) electrons. The Hall–Kier alpha value is -3.01. The van der Waals surface area contributed by atoms with Gasteiger partial charge in [-0.3, -0.25) is 4.98 Å². The number of benzene rings is 1. The van der Waals surface area contributed by atoms with Gasteiger partial charge in [-0.1, -0.05) is 18.7 Å². The summed E-state index contributed by atoms with van der Waals surface area (Å²) in [5.41, 5.74) is 2.94. The molecule has 0 saturated heterocycles. The fourth-order valence-electron chi connectivity index (χ4n) is 2.11. The average Bonchev–Trinajstić information content (AvgIpc) is 2.57. The first kappa shape index (κ1) is 13.9. The van der Waals surface area contributed by atoms with Crippen LogP contribution in [0.25, 0.3) is 16.8 Å². The first-order chi connectivity index (χ1) is 10.7. The number of halogens is 1. The van der Waals surface area contributed by atoms with E-state index in [-0.39, 0.29) is 5.82 Å². The maximum absolute atomic E-state index is 13.7. The van der Waals surface area contributed by atoms with Gasteiger partial charge in [0.15, 0.2) is 0 Å². The third-order valence-corrected chi connectivity index (χ3v) is 3.26. The van der Waals surface area contributed by atoms with Crippen molar-refractivity contribution in [3.8, 4) is 11.1 Å². The van der Waals surface area contributed by atoms with Gasteiger partial charge in [-0.05, 0) is 42.0 Å². The van der Waals surface area contributed by atoms with Crippen LogP contribution in [0.5, 0.6) is 0 Å². The monoisotopic (exact) mass is 291 g/mol. The zero-order valence-corrected chi connectivity index (χ0v) is 11.8. The lowest BCUT2D eigenvalue weighted by molar-refractivity contribution is 0.624. The van der Waals surface area contributed by atoms with Gasteiger partial charge in [0.25, 0.3) is 0 Å². The van der Waals surface area contributed by atoms with Crippen molar-refractivity contribution in [2.45, 2.75) is 0 Å². The van der Waals surface area contributed by atoms with Crippen molar-refractivity contribution >= 4 is 11.5 Å². The summed E-state index contributed by atoms with van der Waals surface area (Å²) in [6, 6.07) is 14.1. The Morgan fingerprint density at radius 3 is 2.41 bits per heavy atom. The van der Waals surface area contributed by atoms with Gasteiger partial charge >= 0.3 is 0 Å². The first-order valence-electron chi connectivity index (χ1n) is 6.81. The SMILES string of the molecule is C=C(Nc1ccc(-c2ccncc2)cn1)c1ccccc1F. The van der Waals surface area contributed by atoms with Gasteiger partial charge < -0.3 is 5.32 Å². The van der Waals surface area contributed by atoms with E-state index in [0.717, 1.165) is 11.1 Å². The molecule has 0 bridgehead atoms. The number of anilines is 1. The quantitative estimate of drug-likeness (QED) is 0.776. The molecule has 2 aromatic heterocycles. The molecule has 0 fully saturated rings. The second-order valence-corrected chi connectivity index (χ2v) is 4.75. The minimum atomic E-state index is -0.312. The molecule has 0 saturated carbocycles.